The van der Waals surface area contributed by atoms with Crippen molar-refractivity contribution in [3.8, 4) is 0 Å². The van der Waals surface area contributed by atoms with Crippen LogP contribution in [0, 0.1) is 5.92 Å². The van der Waals surface area contributed by atoms with Crippen LogP contribution in [0.4, 0.5) is 0 Å². The molecule has 0 aromatic carbocycles. The molecule has 0 spiro atoms. The first-order valence-electron chi connectivity index (χ1n) is 4.41. The second kappa shape index (κ2) is 4.19. The summed E-state index contributed by atoms with van der Waals surface area (Å²) >= 11 is 0. The standard InChI is InChI=1S/C8H16N2O2S/c1-13(2,12)10-8(11)7-4-3-5-9-6-7/h7,9H,3-6H2,1-2H3. The van der Waals surface area contributed by atoms with Crippen molar-refractivity contribution < 1.29 is 9.00 Å². The Morgan fingerprint density at radius 1 is 1.54 bits per heavy atom. The molecule has 13 heavy (non-hydrogen) atoms. The first-order valence-corrected chi connectivity index (χ1v) is 6.74. The van der Waals surface area contributed by atoms with Crippen molar-refractivity contribution in [3.63, 3.8) is 0 Å². The lowest BCUT2D eigenvalue weighted by Gasteiger charge is -2.19. The fraction of sp³-hybridized carbons (Fsp3) is 0.875. The summed E-state index contributed by atoms with van der Waals surface area (Å²) in [5.74, 6) is -0.267. The highest BCUT2D eigenvalue weighted by Crippen LogP contribution is 2.12. The van der Waals surface area contributed by atoms with Crippen molar-refractivity contribution in [3.05, 3.63) is 0 Å². The zero-order valence-electron chi connectivity index (χ0n) is 8.08. The predicted octanol–water partition coefficient (Wildman–Crippen LogP) is 0.240. The second-order valence-corrected chi connectivity index (χ2v) is 6.20. The van der Waals surface area contributed by atoms with E-state index in [0.717, 1.165) is 19.4 Å². The van der Waals surface area contributed by atoms with Crippen molar-refractivity contribution >= 4 is 15.6 Å². The molecular weight excluding hydrogens is 188 g/mol. The van der Waals surface area contributed by atoms with Crippen LogP contribution < -0.4 is 5.32 Å². The van der Waals surface area contributed by atoms with Gasteiger partial charge >= 0.3 is 0 Å². The number of piperidine rings is 1. The maximum atomic E-state index is 11.4. The van der Waals surface area contributed by atoms with Crippen molar-refractivity contribution in [2.45, 2.75) is 12.8 Å². The van der Waals surface area contributed by atoms with Crippen LogP contribution in [-0.4, -0.2) is 35.7 Å². The van der Waals surface area contributed by atoms with Gasteiger partial charge in [0, 0.05) is 28.8 Å². The molecular formula is C8H16N2O2S. The minimum atomic E-state index is -2.28. The van der Waals surface area contributed by atoms with Gasteiger partial charge in [0.15, 0.2) is 0 Å². The molecule has 1 heterocycles. The highest BCUT2D eigenvalue weighted by atomic mass is 32.2. The van der Waals surface area contributed by atoms with E-state index < -0.39 is 9.73 Å². The molecule has 0 bridgehead atoms. The van der Waals surface area contributed by atoms with Crippen molar-refractivity contribution in [2.24, 2.45) is 10.3 Å². The Labute approximate surface area is 79.3 Å². The molecule has 1 N–H and O–H groups in total. The van der Waals surface area contributed by atoms with Crippen LogP contribution in [0.1, 0.15) is 12.8 Å². The van der Waals surface area contributed by atoms with Gasteiger partial charge in [-0.05, 0) is 19.4 Å². The van der Waals surface area contributed by atoms with Gasteiger partial charge in [-0.25, -0.2) is 4.21 Å². The molecule has 0 radical (unpaired) electrons. The van der Waals surface area contributed by atoms with Crippen molar-refractivity contribution in [1.82, 2.24) is 5.32 Å². The molecule has 1 saturated heterocycles. The van der Waals surface area contributed by atoms with Crippen LogP contribution in [0.5, 0.6) is 0 Å². The van der Waals surface area contributed by atoms with Crippen LogP contribution in [0.15, 0.2) is 4.36 Å². The van der Waals surface area contributed by atoms with E-state index in [1.54, 1.807) is 0 Å². The molecule has 1 amide bonds. The third-order valence-corrected chi connectivity index (χ3v) is 2.58. The summed E-state index contributed by atoms with van der Waals surface area (Å²) in [5.41, 5.74) is 0. The molecule has 0 aromatic rings. The number of carbonyl (C=O) groups is 1. The Hall–Kier alpha value is -0.420. The van der Waals surface area contributed by atoms with Crippen molar-refractivity contribution in [1.29, 1.82) is 0 Å². The maximum absolute atomic E-state index is 11.4. The van der Waals surface area contributed by atoms with E-state index >= 15 is 0 Å². The van der Waals surface area contributed by atoms with Crippen LogP contribution >= 0.6 is 0 Å². The lowest BCUT2D eigenvalue weighted by molar-refractivity contribution is -0.121. The van der Waals surface area contributed by atoms with Gasteiger partial charge in [-0.15, -0.1) is 0 Å². The van der Waals surface area contributed by atoms with E-state index in [1.165, 1.54) is 12.5 Å². The van der Waals surface area contributed by atoms with Gasteiger partial charge in [-0.1, -0.05) is 0 Å². The predicted molar refractivity (Wildman–Crippen MR) is 53.0 cm³/mol. The van der Waals surface area contributed by atoms with E-state index in [1.807, 2.05) is 0 Å². The zero-order valence-corrected chi connectivity index (χ0v) is 8.89. The van der Waals surface area contributed by atoms with Gasteiger partial charge in [0.2, 0.25) is 0 Å². The fourth-order valence-electron chi connectivity index (χ4n) is 1.35. The van der Waals surface area contributed by atoms with Gasteiger partial charge in [0.05, 0.1) is 5.92 Å². The molecule has 76 valence electrons. The molecule has 1 unspecified atom stereocenters. The molecule has 1 aliphatic heterocycles. The number of hydrogen-bond donors (Lipinski definition) is 1. The first kappa shape index (κ1) is 10.7. The molecule has 1 aliphatic rings. The highest BCUT2D eigenvalue weighted by Gasteiger charge is 2.20. The Morgan fingerprint density at radius 3 is 2.69 bits per heavy atom. The van der Waals surface area contributed by atoms with E-state index in [0.29, 0.717) is 6.54 Å². The maximum Gasteiger partial charge on any atom is 0.258 e. The summed E-state index contributed by atoms with van der Waals surface area (Å²) in [6.07, 6.45) is 4.84. The van der Waals surface area contributed by atoms with Gasteiger partial charge in [0.1, 0.15) is 0 Å². The third kappa shape index (κ3) is 3.87. The zero-order chi connectivity index (χ0) is 9.90. The molecule has 5 heteroatoms. The van der Waals surface area contributed by atoms with E-state index in [4.69, 9.17) is 0 Å². The van der Waals surface area contributed by atoms with E-state index in [9.17, 15) is 9.00 Å². The van der Waals surface area contributed by atoms with Gasteiger partial charge < -0.3 is 5.32 Å². The summed E-state index contributed by atoms with van der Waals surface area (Å²) in [4.78, 5) is 11.4. The average molecular weight is 204 g/mol. The molecule has 1 atom stereocenters. The number of hydrogen-bond acceptors (Lipinski definition) is 3. The van der Waals surface area contributed by atoms with E-state index in [-0.39, 0.29) is 11.8 Å². The summed E-state index contributed by atoms with van der Waals surface area (Å²) in [6.45, 7) is 1.65. The number of nitrogens with zero attached hydrogens (tertiary/aromatic N) is 1. The smallest absolute Gasteiger partial charge is 0.258 e. The summed E-state index contributed by atoms with van der Waals surface area (Å²) in [6, 6.07) is 0. The van der Waals surface area contributed by atoms with Gasteiger partial charge in [-0.3, -0.25) is 4.79 Å². The Kier molecular flexibility index (Phi) is 3.44. The Balaban J connectivity index is 2.62. The number of amides is 1. The molecule has 0 aliphatic carbocycles. The normalized spacial score (nSPS) is 24.0. The SMILES string of the molecule is CS(C)(=O)=NC(=O)C1CCCNC1. The highest BCUT2D eigenvalue weighted by molar-refractivity contribution is 7.92. The Bertz CT molecular complexity index is 291. The number of rotatable bonds is 1. The fourth-order valence-corrected chi connectivity index (χ4v) is 1.94. The van der Waals surface area contributed by atoms with E-state index in [2.05, 4.69) is 9.68 Å². The largest absolute Gasteiger partial charge is 0.316 e. The molecule has 0 saturated carbocycles. The first-order chi connectivity index (χ1) is 5.99. The minimum Gasteiger partial charge on any atom is -0.316 e. The van der Waals surface area contributed by atoms with Crippen LogP contribution in [-0.2, 0) is 14.5 Å². The monoisotopic (exact) mass is 204 g/mol. The lowest BCUT2D eigenvalue weighted by Crippen LogP contribution is -2.34. The van der Waals surface area contributed by atoms with Gasteiger partial charge in [-0.2, -0.15) is 4.36 Å². The topological polar surface area (TPSA) is 58.5 Å². The van der Waals surface area contributed by atoms with Crippen molar-refractivity contribution in [2.75, 3.05) is 25.6 Å². The second-order valence-electron chi connectivity index (χ2n) is 3.65. The average Bonchev–Trinajstić information content (AvgIpc) is 2.03. The third-order valence-electron chi connectivity index (χ3n) is 1.96. The van der Waals surface area contributed by atoms with Crippen LogP contribution in [0.3, 0.4) is 0 Å². The molecule has 4 nitrogen and oxygen atoms in total. The lowest BCUT2D eigenvalue weighted by atomic mass is 9.99. The molecule has 0 aromatic heterocycles. The summed E-state index contributed by atoms with van der Waals surface area (Å²) in [7, 11) is -2.28. The van der Waals surface area contributed by atoms with Gasteiger partial charge in [0.25, 0.3) is 5.91 Å². The number of carbonyl (C=O) groups excluding carboxylic acids is 1. The quantitative estimate of drug-likeness (QED) is 0.665. The van der Waals surface area contributed by atoms with Crippen LogP contribution in [0.2, 0.25) is 0 Å². The molecule has 1 fully saturated rings. The number of nitrogens with one attached hydrogen (secondary N) is 1. The van der Waals surface area contributed by atoms with Crippen LogP contribution in [0.25, 0.3) is 0 Å². The minimum absolute atomic E-state index is 0.0607. The Morgan fingerprint density at radius 2 is 2.23 bits per heavy atom. The summed E-state index contributed by atoms with van der Waals surface area (Å²) in [5, 5.41) is 3.13. The summed E-state index contributed by atoms with van der Waals surface area (Å²) < 4.78 is 14.9. The molecule has 1 rings (SSSR count).